The third-order valence-electron chi connectivity index (χ3n) is 4.10. The summed E-state index contributed by atoms with van der Waals surface area (Å²) >= 11 is 1.44. The first-order valence-electron chi connectivity index (χ1n) is 8.13. The molecule has 2 aromatic rings. The molecule has 1 amide bonds. The maximum Gasteiger partial charge on any atom is 0.437 e. The lowest BCUT2D eigenvalue weighted by Crippen LogP contribution is -2.39. The summed E-state index contributed by atoms with van der Waals surface area (Å²) in [6, 6.07) is 3.90. The topological polar surface area (TPSA) is 77.1 Å². The van der Waals surface area contributed by atoms with Crippen molar-refractivity contribution in [3.8, 4) is 10.8 Å². The van der Waals surface area contributed by atoms with Gasteiger partial charge in [0.25, 0.3) is 5.89 Å². The number of hydrogen-bond donors (Lipinski definition) is 1. The van der Waals surface area contributed by atoms with Crippen LogP contribution < -0.4 is 11.1 Å². The van der Waals surface area contributed by atoms with Crippen LogP contribution in [0.2, 0.25) is 0 Å². The molecular weight excluding hydrogens is 314 g/mol. The van der Waals surface area contributed by atoms with Crippen LogP contribution in [0.25, 0.3) is 10.8 Å². The standard InChI is InChI=1S/C16H21N3O3S/c20-14(17-12-7-4-2-1-3-5-8-12)11-19-16(21)22-15(18-19)13-9-6-10-23-13/h6,9-10,12H,1-5,7-8,11H2,(H,17,20). The minimum Gasteiger partial charge on any atom is -0.387 e. The van der Waals surface area contributed by atoms with E-state index < -0.39 is 5.76 Å². The molecule has 3 rings (SSSR count). The molecule has 0 atom stereocenters. The number of rotatable bonds is 4. The van der Waals surface area contributed by atoms with Gasteiger partial charge < -0.3 is 9.73 Å². The van der Waals surface area contributed by atoms with Crippen LogP contribution in [0.3, 0.4) is 0 Å². The molecule has 0 aliphatic heterocycles. The number of nitrogens with zero attached hydrogens (tertiary/aromatic N) is 2. The number of carbonyl (C=O) groups excluding carboxylic acids is 1. The lowest BCUT2D eigenvalue weighted by Gasteiger charge is -2.20. The predicted molar refractivity (Wildman–Crippen MR) is 88.3 cm³/mol. The molecule has 0 aromatic carbocycles. The van der Waals surface area contributed by atoms with Gasteiger partial charge in [-0.2, -0.15) is 4.68 Å². The molecular formula is C16H21N3O3S. The van der Waals surface area contributed by atoms with Crippen molar-refractivity contribution in [3.63, 3.8) is 0 Å². The Hall–Kier alpha value is -1.89. The normalized spacial score (nSPS) is 16.7. The van der Waals surface area contributed by atoms with Gasteiger partial charge in [0, 0.05) is 6.04 Å². The Morgan fingerprint density at radius 1 is 1.30 bits per heavy atom. The van der Waals surface area contributed by atoms with Gasteiger partial charge in [0.1, 0.15) is 6.54 Å². The van der Waals surface area contributed by atoms with E-state index in [9.17, 15) is 9.59 Å². The molecule has 0 unspecified atom stereocenters. The average Bonchev–Trinajstić information content (AvgIpc) is 3.12. The van der Waals surface area contributed by atoms with Crippen molar-refractivity contribution in [2.75, 3.05) is 0 Å². The molecule has 23 heavy (non-hydrogen) atoms. The molecule has 0 bridgehead atoms. The van der Waals surface area contributed by atoms with Crippen molar-refractivity contribution in [1.82, 2.24) is 15.1 Å². The van der Waals surface area contributed by atoms with Crippen LogP contribution in [0.5, 0.6) is 0 Å². The van der Waals surface area contributed by atoms with E-state index in [2.05, 4.69) is 10.4 Å². The van der Waals surface area contributed by atoms with Crippen molar-refractivity contribution in [2.24, 2.45) is 0 Å². The lowest BCUT2D eigenvalue weighted by atomic mass is 9.97. The molecule has 2 heterocycles. The Labute approximate surface area is 138 Å². The van der Waals surface area contributed by atoms with E-state index in [1.165, 1.54) is 30.6 Å². The summed E-state index contributed by atoms with van der Waals surface area (Å²) in [4.78, 5) is 24.8. The average molecular weight is 335 g/mol. The molecule has 0 spiro atoms. The Kier molecular flexibility index (Phi) is 5.27. The zero-order valence-electron chi connectivity index (χ0n) is 13.0. The summed E-state index contributed by atoms with van der Waals surface area (Å²) in [7, 11) is 0. The summed E-state index contributed by atoms with van der Waals surface area (Å²) in [6.45, 7) is -0.0930. The predicted octanol–water partition coefficient (Wildman–Crippen LogP) is 2.79. The zero-order chi connectivity index (χ0) is 16.1. The Morgan fingerprint density at radius 2 is 2.04 bits per heavy atom. The van der Waals surface area contributed by atoms with Gasteiger partial charge in [0.2, 0.25) is 5.91 Å². The zero-order valence-corrected chi connectivity index (χ0v) is 13.8. The van der Waals surface area contributed by atoms with Crippen LogP contribution in [0.15, 0.2) is 26.7 Å². The van der Waals surface area contributed by atoms with Gasteiger partial charge in [0.05, 0.1) is 4.88 Å². The van der Waals surface area contributed by atoms with Crippen molar-refractivity contribution in [3.05, 3.63) is 28.1 Å². The molecule has 1 aliphatic rings. The van der Waals surface area contributed by atoms with Crippen molar-refractivity contribution in [1.29, 1.82) is 0 Å². The number of nitrogens with one attached hydrogen (secondary N) is 1. The Bertz CT molecular complexity index is 682. The largest absolute Gasteiger partial charge is 0.437 e. The van der Waals surface area contributed by atoms with Gasteiger partial charge in [0.15, 0.2) is 0 Å². The number of aromatic nitrogens is 2. The smallest absolute Gasteiger partial charge is 0.387 e. The quantitative estimate of drug-likeness (QED) is 0.932. The molecule has 6 nitrogen and oxygen atoms in total. The molecule has 0 radical (unpaired) electrons. The molecule has 0 saturated heterocycles. The molecule has 124 valence electrons. The van der Waals surface area contributed by atoms with Crippen LogP contribution in [-0.2, 0) is 11.3 Å². The maximum absolute atomic E-state index is 12.2. The highest BCUT2D eigenvalue weighted by Crippen LogP contribution is 2.21. The van der Waals surface area contributed by atoms with Crippen LogP contribution in [0, 0.1) is 0 Å². The summed E-state index contributed by atoms with van der Waals surface area (Å²) < 4.78 is 6.20. The van der Waals surface area contributed by atoms with E-state index in [1.54, 1.807) is 0 Å². The van der Waals surface area contributed by atoms with Gasteiger partial charge in [-0.1, -0.05) is 38.2 Å². The van der Waals surface area contributed by atoms with Crippen molar-refractivity contribution >= 4 is 17.2 Å². The lowest BCUT2D eigenvalue weighted by molar-refractivity contribution is -0.122. The van der Waals surface area contributed by atoms with Crippen LogP contribution >= 0.6 is 11.3 Å². The van der Waals surface area contributed by atoms with Crippen molar-refractivity contribution < 1.29 is 9.21 Å². The summed E-state index contributed by atoms with van der Waals surface area (Å²) in [6.07, 6.45) is 8.09. The van der Waals surface area contributed by atoms with Gasteiger partial charge in [-0.05, 0) is 24.3 Å². The Balaban J connectivity index is 1.60. The SMILES string of the molecule is O=C(Cn1nc(-c2cccs2)oc1=O)NC1CCCCCCC1. The molecule has 1 saturated carbocycles. The van der Waals surface area contributed by atoms with Gasteiger partial charge in [-0.15, -0.1) is 16.4 Å². The van der Waals surface area contributed by atoms with E-state index in [-0.39, 0.29) is 24.4 Å². The fourth-order valence-corrected chi connectivity index (χ4v) is 3.56. The molecule has 1 N–H and O–H groups in total. The van der Waals surface area contributed by atoms with Crippen LogP contribution in [-0.4, -0.2) is 21.7 Å². The third-order valence-corrected chi connectivity index (χ3v) is 4.96. The summed E-state index contributed by atoms with van der Waals surface area (Å²) in [5.74, 6) is -0.506. The maximum atomic E-state index is 12.2. The van der Waals surface area contributed by atoms with Gasteiger partial charge in [-0.3, -0.25) is 4.79 Å². The van der Waals surface area contributed by atoms with Gasteiger partial charge in [-0.25, -0.2) is 4.79 Å². The first-order chi connectivity index (χ1) is 11.2. The Morgan fingerprint density at radius 3 is 2.74 bits per heavy atom. The highest BCUT2D eigenvalue weighted by atomic mass is 32.1. The van der Waals surface area contributed by atoms with Gasteiger partial charge >= 0.3 is 5.76 Å². The van der Waals surface area contributed by atoms with E-state index in [0.717, 1.165) is 35.2 Å². The number of amides is 1. The second-order valence-corrected chi connectivity index (χ2v) is 6.87. The molecule has 1 fully saturated rings. The first-order valence-corrected chi connectivity index (χ1v) is 9.01. The monoisotopic (exact) mass is 335 g/mol. The fraction of sp³-hybridized carbons (Fsp3) is 0.562. The summed E-state index contributed by atoms with van der Waals surface area (Å²) in [5.41, 5.74) is 0. The molecule has 7 heteroatoms. The third kappa shape index (κ3) is 4.31. The van der Waals surface area contributed by atoms with E-state index >= 15 is 0 Å². The van der Waals surface area contributed by atoms with Crippen LogP contribution in [0.4, 0.5) is 0 Å². The summed E-state index contributed by atoms with van der Waals surface area (Å²) in [5, 5.41) is 9.02. The van der Waals surface area contributed by atoms with Crippen LogP contribution in [0.1, 0.15) is 44.9 Å². The fourth-order valence-electron chi connectivity index (χ4n) is 2.92. The number of carbonyl (C=O) groups is 1. The van der Waals surface area contributed by atoms with E-state index in [0.29, 0.717) is 0 Å². The second-order valence-electron chi connectivity index (χ2n) is 5.92. The minimum absolute atomic E-state index is 0.0930. The van der Waals surface area contributed by atoms with E-state index in [4.69, 9.17) is 4.42 Å². The highest BCUT2D eigenvalue weighted by molar-refractivity contribution is 7.13. The number of thiophene rings is 1. The highest BCUT2D eigenvalue weighted by Gasteiger charge is 2.17. The molecule has 1 aliphatic carbocycles. The first kappa shape index (κ1) is 16.0. The number of hydrogen-bond acceptors (Lipinski definition) is 5. The van der Waals surface area contributed by atoms with E-state index in [1.807, 2.05) is 17.5 Å². The second kappa shape index (κ2) is 7.59. The molecule has 2 aromatic heterocycles. The minimum atomic E-state index is -0.596. The van der Waals surface area contributed by atoms with Crippen molar-refractivity contribution in [2.45, 2.75) is 57.5 Å².